The number of rotatable bonds is 4. The molecule has 1 atom stereocenters. The first-order valence-electron chi connectivity index (χ1n) is 4.16. The second-order valence-corrected chi connectivity index (χ2v) is 4.25. The zero-order valence-corrected chi connectivity index (χ0v) is 9.81. The van der Waals surface area contributed by atoms with E-state index in [1.807, 2.05) is 24.3 Å². The summed E-state index contributed by atoms with van der Waals surface area (Å²) in [7, 11) is 0. The van der Waals surface area contributed by atoms with Gasteiger partial charge in [0.2, 0.25) is 0 Å². The third-order valence-corrected chi connectivity index (χ3v) is 2.61. The molecule has 13 heavy (non-hydrogen) atoms. The molecular weight excluding hydrogens is 251 g/mol. The minimum Gasteiger partial charge on any atom is -0.493 e. The lowest BCUT2D eigenvalue weighted by Gasteiger charge is -2.09. The second-order valence-electron chi connectivity index (χ2n) is 3.03. The molecule has 0 saturated heterocycles. The van der Waals surface area contributed by atoms with E-state index in [2.05, 4.69) is 22.9 Å². The Morgan fingerprint density at radius 3 is 2.92 bits per heavy atom. The van der Waals surface area contributed by atoms with Gasteiger partial charge in [0.05, 0.1) is 6.61 Å². The Labute approximate surface area is 92.2 Å². The molecule has 0 fully saturated rings. The first-order chi connectivity index (χ1) is 6.22. The van der Waals surface area contributed by atoms with Crippen molar-refractivity contribution >= 4 is 27.5 Å². The molecule has 0 spiro atoms. The Hall–Kier alpha value is -0.210. The number of benzene rings is 1. The van der Waals surface area contributed by atoms with Gasteiger partial charge >= 0.3 is 0 Å². The lowest BCUT2D eigenvalue weighted by atomic mass is 10.2. The van der Waals surface area contributed by atoms with Gasteiger partial charge in [0.25, 0.3) is 0 Å². The standard InChI is InChI=1S/C10H12BrClO/c1-8(6-12)7-13-10-4-2-3-9(11)5-10/h2-5,8H,6-7H2,1H3. The average molecular weight is 264 g/mol. The van der Waals surface area contributed by atoms with Crippen LogP contribution in [0, 0.1) is 5.92 Å². The van der Waals surface area contributed by atoms with E-state index >= 15 is 0 Å². The van der Waals surface area contributed by atoms with Gasteiger partial charge in [-0.1, -0.05) is 28.9 Å². The third-order valence-electron chi connectivity index (χ3n) is 1.59. The summed E-state index contributed by atoms with van der Waals surface area (Å²) < 4.78 is 6.56. The van der Waals surface area contributed by atoms with Gasteiger partial charge in [0, 0.05) is 16.3 Å². The van der Waals surface area contributed by atoms with Crippen molar-refractivity contribution in [2.24, 2.45) is 5.92 Å². The van der Waals surface area contributed by atoms with Crippen LogP contribution in [-0.2, 0) is 0 Å². The summed E-state index contributed by atoms with van der Waals surface area (Å²) in [6, 6.07) is 7.80. The minimum atomic E-state index is 0.389. The number of alkyl halides is 1. The number of ether oxygens (including phenoxy) is 1. The van der Waals surface area contributed by atoms with Gasteiger partial charge in [-0.25, -0.2) is 0 Å². The van der Waals surface area contributed by atoms with Crippen molar-refractivity contribution < 1.29 is 4.74 Å². The van der Waals surface area contributed by atoms with E-state index in [4.69, 9.17) is 16.3 Å². The zero-order chi connectivity index (χ0) is 9.68. The first-order valence-corrected chi connectivity index (χ1v) is 5.49. The fraction of sp³-hybridized carbons (Fsp3) is 0.400. The first kappa shape index (κ1) is 10.9. The zero-order valence-electron chi connectivity index (χ0n) is 7.47. The molecule has 0 aliphatic rings. The van der Waals surface area contributed by atoms with E-state index in [1.165, 1.54) is 0 Å². The number of hydrogen-bond donors (Lipinski definition) is 0. The molecule has 1 aromatic carbocycles. The molecule has 0 heterocycles. The molecule has 0 amide bonds. The van der Waals surface area contributed by atoms with Gasteiger partial charge in [0.1, 0.15) is 5.75 Å². The number of hydrogen-bond acceptors (Lipinski definition) is 1. The van der Waals surface area contributed by atoms with Crippen molar-refractivity contribution in [2.75, 3.05) is 12.5 Å². The third kappa shape index (κ3) is 4.01. The Balaban J connectivity index is 2.45. The van der Waals surface area contributed by atoms with Gasteiger partial charge in [-0.15, -0.1) is 11.6 Å². The normalized spacial score (nSPS) is 12.5. The van der Waals surface area contributed by atoms with E-state index in [1.54, 1.807) is 0 Å². The molecule has 0 aliphatic heterocycles. The van der Waals surface area contributed by atoms with Crippen LogP contribution in [0.1, 0.15) is 6.92 Å². The summed E-state index contributed by atoms with van der Waals surface area (Å²) in [6.07, 6.45) is 0. The topological polar surface area (TPSA) is 9.23 Å². The Morgan fingerprint density at radius 2 is 2.31 bits per heavy atom. The van der Waals surface area contributed by atoms with E-state index in [0.29, 0.717) is 18.4 Å². The van der Waals surface area contributed by atoms with Crippen LogP contribution in [-0.4, -0.2) is 12.5 Å². The van der Waals surface area contributed by atoms with Gasteiger partial charge in [-0.05, 0) is 18.2 Å². The van der Waals surface area contributed by atoms with Crippen LogP contribution in [0.2, 0.25) is 0 Å². The van der Waals surface area contributed by atoms with Crippen molar-refractivity contribution in [1.29, 1.82) is 0 Å². The van der Waals surface area contributed by atoms with Crippen LogP contribution < -0.4 is 4.74 Å². The predicted octanol–water partition coefficient (Wildman–Crippen LogP) is 3.70. The second kappa shape index (κ2) is 5.51. The summed E-state index contributed by atoms with van der Waals surface area (Å²) in [5.41, 5.74) is 0. The molecule has 1 rings (SSSR count). The largest absolute Gasteiger partial charge is 0.493 e. The van der Waals surface area contributed by atoms with E-state index in [0.717, 1.165) is 10.2 Å². The summed E-state index contributed by atoms with van der Waals surface area (Å²) in [6.45, 7) is 2.73. The maximum absolute atomic E-state index is 5.66. The molecule has 0 aliphatic carbocycles. The maximum Gasteiger partial charge on any atom is 0.120 e. The molecule has 0 radical (unpaired) electrons. The van der Waals surface area contributed by atoms with Crippen molar-refractivity contribution in [3.8, 4) is 5.75 Å². The SMILES string of the molecule is CC(CCl)COc1cccc(Br)c1. The highest BCUT2D eigenvalue weighted by Crippen LogP contribution is 2.18. The number of halogens is 2. The molecule has 0 bridgehead atoms. The quantitative estimate of drug-likeness (QED) is 0.753. The van der Waals surface area contributed by atoms with Crippen molar-refractivity contribution in [2.45, 2.75) is 6.92 Å². The van der Waals surface area contributed by atoms with Crippen LogP contribution in [0.25, 0.3) is 0 Å². The monoisotopic (exact) mass is 262 g/mol. The van der Waals surface area contributed by atoms with Crippen LogP contribution in [0.3, 0.4) is 0 Å². The molecular formula is C10H12BrClO. The Kier molecular flexibility index (Phi) is 4.60. The van der Waals surface area contributed by atoms with Crippen LogP contribution in [0.15, 0.2) is 28.7 Å². The highest BCUT2D eigenvalue weighted by atomic mass is 79.9. The van der Waals surface area contributed by atoms with Gasteiger partial charge < -0.3 is 4.74 Å². The summed E-state index contributed by atoms with van der Waals surface area (Å²) in [4.78, 5) is 0. The predicted molar refractivity (Wildman–Crippen MR) is 59.5 cm³/mol. The van der Waals surface area contributed by atoms with Crippen molar-refractivity contribution in [3.05, 3.63) is 28.7 Å². The average Bonchev–Trinajstić information content (AvgIpc) is 2.14. The van der Waals surface area contributed by atoms with Crippen molar-refractivity contribution in [3.63, 3.8) is 0 Å². The van der Waals surface area contributed by atoms with E-state index in [-0.39, 0.29) is 0 Å². The molecule has 1 nitrogen and oxygen atoms in total. The van der Waals surface area contributed by atoms with E-state index in [9.17, 15) is 0 Å². The maximum atomic E-state index is 5.66. The lowest BCUT2D eigenvalue weighted by molar-refractivity contribution is 0.272. The minimum absolute atomic E-state index is 0.389. The van der Waals surface area contributed by atoms with Gasteiger partial charge in [-0.3, -0.25) is 0 Å². The Bertz CT molecular complexity index is 265. The Morgan fingerprint density at radius 1 is 1.54 bits per heavy atom. The fourth-order valence-electron chi connectivity index (χ4n) is 0.840. The van der Waals surface area contributed by atoms with Crippen LogP contribution in [0.4, 0.5) is 0 Å². The highest BCUT2D eigenvalue weighted by molar-refractivity contribution is 9.10. The van der Waals surface area contributed by atoms with Crippen LogP contribution >= 0.6 is 27.5 Å². The molecule has 3 heteroatoms. The molecule has 72 valence electrons. The van der Waals surface area contributed by atoms with Crippen LogP contribution in [0.5, 0.6) is 5.75 Å². The van der Waals surface area contributed by atoms with Gasteiger partial charge in [0.15, 0.2) is 0 Å². The highest BCUT2D eigenvalue weighted by Gasteiger charge is 2.01. The summed E-state index contributed by atoms with van der Waals surface area (Å²) in [5, 5.41) is 0. The van der Waals surface area contributed by atoms with Crippen molar-refractivity contribution in [1.82, 2.24) is 0 Å². The molecule has 0 aromatic heterocycles. The van der Waals surface area contributed by atoms with Gasteiger partial charge in [-0.2, -0.15) is 0 Å². The molecule has 0 N–H and O–H groups in total. The lowest BCUT2D eigenvalue weighted by Crippen LogP contribution is -2.09. The molecule has 1 unspecified atom stereocenters. The molecule has 0 saturated carbocycles. The smallest absolute Gasteiger partial charge is 0.120 e. The molecule has 1 aromatic rings. The fourth-order valence-corrected chi connectivity index (χ4v) is 1.31. The van der Waals surface area contributed by atoms with E-state index < -0.39 is 0 Å². The summed E-state index contributed by atoms with van der Waals surface area (Å²) in [5.74, 6) is 1.90. The summed E-state index contributed by atoms with van der Waals surface area (Å²) >= 11 is 9.04.